The van der Waals surface area contributed by atoms with Crippen LogP contribution >= 0.6 is 11.3 Å². The van der Waals surface area contributed by atoms with E-state index in [2.05, 4.69) is 15.1 Å². The number of nitrogens with zero attached hydrogens (tertiary/aromatic N) is 4. The summed E-state index contributed by atoms with van der Waals surface area (Å²) in [6.45, 7) is 3.57. The molecule has 0 aliphatic carbocycles. The molecule has 1 fully saturated rings. The summed E-state index contributed by atoms with van der Waals surface area (Å²) in [5, 5.41) is 11.5. The maximum Gasteiger partial charge on any atom is 0.263 e. The van der Waals surface area contributed by atoms with Gasteiger partial charge in [0, 0.05) is 31.6 Å². The number of imide groups is 1. The summed E-state index contributed by atoms with van der Waals surface area (Å²) in [7, 11) is 1.85. The molecule has 9 heteroatoms. The second kappa shape index (κ2) is 10.7. The van der Waals surface area contributed by atoms with Gasteiger partial charge in [-0.1, -0.05) is 36.4 Å². The number of nitrogens with one attached hydrogen (secondary N) is 1. The van der Waals surface area contributed by atoms with Gasteiger partial charge in [0.15, 0.2) is 0 Å². The van der Waals surface area contributed by atoms with E-state index in [-0.39, 0.29) is 36.2 Å². The smallest absolute Gasteiger partial charge is 0.263 e. The Labute approximate surface area is 237 Å². The Morgan fingerprint density at radius 3 is 2.58 bits per heavy atom. The number of aromatic amines is 1. The molecule has 2 aromatic heterocycles. The van der Waals surface area contributed by atoms with Crippen molar-refractivity contribution in [2.45, 2.75) is 32.4 Å². The first-order chi connectivity index (χ1) is 19.4. The third-order valence-corrected chi connectivity index (χ3v) is 8.86. The zero-order chi connectivity index (χ0) is 27.8. The molecule has 3 amide bonds. The number of hydrogen-bond donors (Lipinski definition) is 1. The molecular formula is C31H31N5O3S. The molecule has 0 saturated carbocycles. The maximum atomic E-state index is 13.5. The molecule has 1 saturated heterocycles. The van der Waals surface area contributed by atoms with Crippen LogP contribution in [-0.2, 0) is 11.3 Å². The first-order valence-electron chi connectivity index (χ1n) is 13.5. The highest BCUT2D eigenvalue weighted by Crippen LogP contribution is 2.35. The fraction of sp³-hybridized carbons (Fsp3) is 0.290. The Balaban J connectivity index is 1.11. The molecule has 1 N–H and O–H groups in total. The van der Waals surface area contributed by atoms with Gasteiger partial charge in [0.1, 0.15) is 0 Å². The largest absolute Gasteiger partial charge is 0.371 e. The molecule has 2 aliphatic heterocycles. The van der Waals surface area contributed by atoms with E-state index in [0.717, 1.165) is 28.2 Å². The van der Waals surface area contributed by atoms with Gasteiger partial charge in [-0.2, -0.15) is 16.4 Å². The van der Waals surface area contributed by atoms with Gasteiger partial charge in [0.25, 0.3) is 11.8 Å². The molecule has 2 aliphatic rings. The summed E-state index contributed by atoms with van der Waals surface area (Å²) in [4.78, 5) is 45.2. The summed E-state index contributed by atoms with van der Waals surface area (Å²) < 4.78 is 0. The van der Waals surface area contributed by atoms with Crippen molar-refractivity contribution in [1.29, 1.82) is 0 Å². The van der Waals surface area contributed by atoms with Crippen LogP contribution in [0.3, 0.4) is 0 Å². The number of aromatic nitrogens is 2. The van der Waals surface area contributed by atoms with Crippen molar-refractivity contribution in [3.05, 3.63) is 93.8 Å². The highest BCUT2D eigenvalue weighted by Gasteiger charge is 2.39. The third kappa shape index (κ3) is 4.70. The number of thiophene rings is 1. The quantitative estimate of drug-likeness (QED) is 0.311. The summed E-state index contributed by atoms with van der Waals surface area (Å²) in [5.74, 6) is -0.496. The molecule has 204 valence electrons. The number of carbonyl (C=O) groups is 3. The van der Waals surface area contributed by atoms with Gasteiger partial charge in [0.05, 0.1) is 40.8 Å². The molecule has 6 rings (SSSR count). The van der Waals surface area contributed by atoms with Gasteiger partial charge in [-0.05, 0) is 60.4 Å². The highest BCUT2D eigenvalue weighted by molar-refractivity contribution is 7.07. The first-order valence-corrected chi connectivity index (χ1v) is 14.5. The topological polar surface area (TPSA) is 89.6 Å². The van der Waals surface area contributed by atoms with E-state index in [4.69, 9.17) is 0 Å². The Hall–Kier alpha value is -4.24. The van der Waals surface area contributed by atoms with Crippen LogP contribution in [0.2, 0.25) is 0 Å². The second-order valence-electron chi connectivity index (χ2n) is 10.5. The van der Waals surface area contributed by atoms with Crippen LogP contribution in [0.25, 0.3) is 11.3 Å². The minimum absolute atomic E-state index is 0.106. The fourth-order valence-electron chi connectivity index (χ4n) is 5.65. The molecule has 4 aromatic rings. The lowest BCUT2D eigenvalue weighted by Crippen LogP contribution is -2.42. The Morgan fingerprint density at radius 2 is 1.85 bits per heavy atom. The molecule has 8 nitrogen and oxygen atoms in total. The van der Waals surface area contributed by atoms with Gasteiger partial charge < -0.3 is 9.80 Å². The van der Waals surface area contributed by atoms with E-state index in [1.807, 2.05) is 79.3 Å². The van der Waals surface area contributed by atoms with Crippen molar-refractivity contribution < 1.29 is 14.4 Å². The van der Waals surface area contributed by atoms with E-state index in [1.54, 1.807) is 22.3 Å². The van der Waals surface area contributed by atoms with E-state index in [9.17, 15) is 14.4 Å². The van der Waals surface area contributed by atoms with E-state index >= 15 is 0 Å². The van der Waals surface area contributed by atoms with Crippen LogP contribution in [0.4, 0.5) is 5.69 Å². The number of benzene rings is 2. The SMILES string of the molecule is CC(c1cc(-c2ccccc2)n[nH]1)N(C)C(=O)C1CCN(c2cccc3c2C(=O)N(Cc2ccsc2)C3=O)CC1. The van der Waals surface area contributed by atoms with Crippen molar-refractivity contribution in [2.75, 3.05) is 25.0 Å². The van der Waals surface area contributed by atoms with Gasteiger partial charge in [-0.15, -0.1) is 0 Å². The number of piperidine rings is 1. The average Bonchev–Trinajstić information content (AvgIpc) is 3.75. The number of carbonyl (C=O) groups excluding carboxylic acids is 3. The number of anilines is 1. The van der Waals surface area contributed by atoms with Crippen LogP contribution in [0.1, 0.15) is 57.8 Å². The number of hydrogen-bond acceptors (Lipinski definition) is 6. The average molecular weight is 554 g/mol. The van der Waals surface area contributed by atoms with Crippen LogP contribution in [0.15, 0.2) is 71.4 Å². The zero-order valence-corrected chi connectivity index (χ0v) is 23.4. The minimum Gasteiger partial charge on any atom is -0.371 e. The van der Waals surface area contributed by atoms with Crippen LogP contribution in [0.5, 0.6) is 0 Å². The molecule has 2 aromatic carbocycles. The molecule has 1 atom stereocenters. The van der Waals surface area contributed by atoms with E-state index < -0.39 is 0 Å². The van der Waals surface area contributed by atoms with Crippen LogP contribution in [0, 0.1) is 5.92 Å². The van der Waals surface area contributed by atoms with Gasteiger partial charge in [-0.3, -0.25) is 24.4 Å². The summed E-state index contributed by atoms with van der Waals surface area (Å²) in [5.41, 5.74) is 5.44. The molecule has 0 bridgehead atoms. The van der Waals surface area contributed by atoms with Crippen molar-refractivity contribution in [1.82, 2.24) is 20.0 Å². The lowest BCUT2D eigenvalue weighted by Gasteiger charge is -2.36. The third-order valence-electron chi connectivity index (χ3n) is 8.13. The molecule has 0 radical (unpaired) electrons. The van der Waals surface area contributed by atoms with Crippen molar-refractivity contribution in [2.24, 2.45) is 5.92 Å². The normalized spacial score (nSPS) is 16.4. The minimum atomic E-state index is -0.247. The fourth-order valence-corrected chi connectivity index (χ4v) is 6.31. The molecular weight excluding hydrogens is 522 g/mol. The number of fused-ring (bicyclic) bond motifs is 1. The predicted octanol–water partition coefficient (Wildman–Crippen LogP) is 5.37. The summed E-state index contributed by atoms with van der Waals surface area (Å²) in [6.07, 6.45) is 1.36. The van der Waals surface area contributed by atoms with Crippen molar-refractivity contribution in [3.8, 4) is 11.3 Å². The zero-order valence-electron chi connectivity index (χ0n) is 22.5. The monoisotopic (exact) mass is 553 g/mol. The second-order valence-corrected chi connectivity index (χ2v) is 11.3. The lowest BCUT2D eigenvalue weighted by atomic mass is 9.93. The van der Waals surface area contributed by atoms with Gasteiger partial charge >= 0.3 is 0 Å². The Morgan fingerprint density at radius 1 is 1.07 bits per heavy atom. The van der Waals surface area contributed by atoms with Gasteiger partial charge in [0.2, 0.25) is 5.91 Å². The van der Waals surface area contributed by atoms with E-state index in [0.29, 0.717) is 37.1 Å². The number of amides is 3. The number of rotatable bonds is 7. The molecule has 4 heterocycles. The predicted molar refractivity (Wildman–Crippen MR) is 155 cm³/mol. The summed E-state index contributed by atoms with van der Waals surface area (Å²) in [6, 6.07) is 19.2. The molecule has 40 heavy (non-hydrogen) atoms. The number of H-pyrrole nitrogens is 1. The van der Waals surface area contributed by atoms with E-state index in [1.165, 1.54) is 4.90 Å². The first kappa shape index (κ1) is 26.0. The van der Waals surface area contributed by atoms with Crippen LogP contribution in [-0.4, -0.2) is 57.9 Å². The van der Waals surface area contributed by atoms with Crippen LogP contribution < -0.4 is 4.90 Å². The Kier molecular flexibility index (Phi) is 6.98. The van der Waals surface area contributed by atoms with Crippen molar-refractivity contribution in [3.63, 3.8) is 0 Å². The maximum absolute atomic E-state index is 13.5. The standard InChI is InChI=1S/C31H31N5O3S/c1-20(25-17-26(33-32-25)22-7-4-3-5-8-22)34(2)29(37)23-11-14-35(15-12-23)27-10-6-9-24-28(27)31(39)36(30(24)38)18-21-13-16-40-19-21/h3-10,13,16-17,19-20,23H,11-12,14-15,18H2,1-2H3,(H,32,33). The van der Waals surface area contributed by atoms with Crippen molar-refractivity contribution >= 4 is 34.7 Å². The summed E-state index contributed by atoms with van der Waals surface area (Å²) >= 11 is 1.55. The molecule has 0 spiro atoms. The Bertz CT molecular complexity index is 1540. The highest BCUT2D eigenvalue weighted by atomic mass is 32.1. The van der Waals surface area contributed by atoms with Gasteiger partial charge in [-0.25, -0.2) is 0 Å². The molecule has 1 unspecified atom stereocenters. The lowest BCUT2D eigenvalue weighted by molar-refractivity contribution is -0.136.